The van der Waals surface area contributed by atoms with E-state index in [0.717, 1.165) is 24.0 Å². The van der Waals surface area contributed by atoms with Crippen molar-refractivity contribution in [2.45, 2.75) is 12.5 Å². The summed E-state index contributed by atoms with van der Waals surface area (Å²) in [5.41, 5.74) is 2.95. The Morgan fingerprint density at radius 3 is 2.83 bits per heavy atom. The van der Waals surface area contributed by atoms with Gasteiger partial charge in [-0.05, 0) is 32.6 Å². The molecule has 3 aromatic heterocycles. The van der Waals surface area contributed by atoms with Crippen LogP contribution in [-0.2, 0) is 0 Å². The van der Waals surface area contributed by atoms with E-state index in [4.69, 9.17) is 16.3 Å². The van der Waals surface area contributed by atoms with Gasteiger partial charge in [-0.15, -0.1) is 0 Å². The van der Waals surface area contributed by atoms with Crippen molar-refractivity contribution in [3.63, 3.8) is 0 Å². The van der Waals surface area contributed by atoms with Crippen LogP contribution in [0.3, 0.4) is 0 Å². The third-order valence-electron chi connectivity index (χ3n) is 6.40. The maximum Gasteiger partial charge on any atom is 0.294 e. The first-order valence-electron chi connectivity index (χ1n) is 11.4. The maximum absolute atomic E-state index is 12.0. The van der Waals surface area contributed by atoms with Crippen molar-refractivity contribution in [3.05, 3.63) is 64.1 Å². The van der Waals surface area contributed by atoms with E-state index >= 15 is 0 Å². The van der Waals surface area contributed by atoms with Crippen LogP contribution >= 0.6 is 11.6 Å². The Hall–Kier alpha value is -3.96. The lowest BCUT2D eigenvalue weighted by atomic mass is 10.2. The van der Waals surface area contributed by atoms with Crippen LogP contribution in [0.2, 0.25) is 5.02 Å². The zero-order valence-corrected chi connectivity index (χ0v) is 20.8. The third kappa shape index (κ3) is 4.38. The number of hydrogen-bond donors (Lipinski definition) is 1. The first-order chi connectivity index (χ1) is 17.4. The van der Waals surface area contributed by atoms with E-state index in [1.807, 2.05) is 43.4 Å². The number of nitro benzene ring substituents is 1. The van der Waals surface area contributed by atoms with Gasteiger partial charge in [-0.2, -0.15) is 5.10 Å². The minimum atomic E-state index is -0.379. The zero-order valence-electron chi connectivity index (χ0n) is 20.1. The highest BCUT2D eigenvalue weighted by Crippen LogP contribution is 2.41. The normalized spacial score (nSPS) is 15.6. The van der Waals surface area contributed by atoms with Gasteiger partial charge in [0, 0.05) is 43.0 Å². The van der Waals surface area contributed by atoms with Crippen LogP contribution in [0.5, 0.6) is 5.75 Å². The molecule has 0 radical (unpaired) electrons. The molecule has 36 heavy (non-hydrogen) atoms. The van der Waals surface area contributed by atoms with Crippen molar-refractivity contribution in [2.75, 3.05) is 44.5 Å². The molecule has 1 fully saturated rings. The van der Waals surface area contributed by atoms with E-state index in [2.05, 4.69) is 25.3 Å². The molecule has 0 bridgehead atoms. The summed E-state index contributed by atoms with van der Waals surface area (Å²) >= 11 is 6.43. The number of fused-ring (bicyclic) bond motifs is 1. The van der Waals surface area contributed by atoms with Crippen molar-refractivity contribution in [1.29, 1.82) is 0 Å². The average molecular weight is 509 g/mol. The van der Waals surface area contributed by atoms with E-state index in [1.54, 1.807) is 16.8 Å². The van der Waals surface area contributed by atoms with Crippen molar-refractivity contribution in [3.8, 4) is 17.0 Å². The second-order valence-electron chi connectivity index (χ2n) is 8.75. The number of pyridine rings is 1. The van der Waals surface area contributed by atoms with E-state index in [1.165, 1.54) is 19.4 Å². The van der Waals surface area contributed by atoms with Gasteiger partial charge in [0.25, 0.3) is 5.69 Å². The lowest BCUT2D eigenvalue weighted by molar-refractivity contribution is -0.384. The van der Waals surface area contributed by atoms with Gasteiger partial charge in [0.1, 0.15) is 11.4 Å². The molecule has 4 aromatic rings. The summed E-state index contributed by atoms with van der Waals surface area (Å²) in [6, 6.07) is 9.18. The maximum atomic E-state index is 12.0. The van der Waals surface area contributed by atoms with Crippen LogP contribution in [0.1, 0.15) is 6.42 Å². The Balaban J connectivity index is 1.51. The zero-order chi connectivity index (χ0) is 25.4. The van der Waals surface area contributed by atoms with Gasteiger partial charge in [0.05, 0.1) is 46.3 Å². The van der Waals surface area contributed by atoms with Gasteiger partial charge < -0.3 is 19.9 Å². The fraction of sp³-hybridized carbons (Fsp3) is 0.292. The minimum Gasteiger partial charge on any atom is -0.494 e. The molecule has 1 saturated heterocycles. The molecule has 0 unspecified atom stereocenters. The summed E-state index contributed by atoms with van der Waals surface area (Å²) in [7, 11) is 5.56. The van der Waals surface area contributed by atoms with Gasteiger partial charge in [-0.3, -0.25) is 10.1 Å². The van der Waals surface area contributed by atoms with Gasteiger partial charge in [-0.25, -0.2) is 14.5 Å². The number of methoxy groups -OCH3 is 1. The molecule has 1 aliphatic rings. The van der Waals surface area contributed by atoms with Gasteiger partial charge in [-0.1, -0.05) is 17.7 Å². The van der Waals surface area contributed by atoms with Crippen LogP contribution in [0, 0.1) is 10.1 Å². The number of likely N-dealkylation sites (N-methyl/N-ethyl adjacent to an activating group) is 1. The van der Waals surface area contributed by atoms with Crippen LogP contribution in [0.25, 0.3) is 16.8 Å². The van der Waals surface area contributed by atoms with Crippen molar-refractivity contribution in [1.82, 2.24) is 24.5 Å². The molecule has 1 atom stereocenters. The number of anilines is 3. The highest BCUT2D eigenvalue weighted by atomic mass is 35.5. The number of ether oxygens (including phenoxy) is 1. The predicted octanol–water partition coefficient (Wildman–Crippen LogP) is 4.25. The number of nitrogens with zero attached hydrogens (tertiary/aromatic N) is 7. The molecule has 1 N–H and O–H groups in total. The molecule has 0 amide bonds. The number of halogens is 1. The number of hydrogen-bond acceptors (Lipinski definition) is 9. The highest BCUT2D eigenvalue weighted by molar-refractivity contribution is 6.33. The molecule has 0 saturated carbocycles. The van der Waals surface area contributed by atoms with Gasteiger partial charge >= 0.3 is 0 Å². The molecular formula is C24H25ClN8O3. The fourth-order valence-electron chi connectivity index (χ4n) is 4.46. The molecule has 11 nitrogen and oxygen atoms in total. The summed E-state index contributed by atoms with van der Waals surface area (Å²) in [5, 5.41) is 19.8. The summed E-state index contributed by atoms with van der Waals surface area (Å²) < 4.78 is 7.32. The Bertz CT molecular complexity index is 1440. The number of benzene rings is 1. The summed E-state index contributed by atoms with van der Waals surface area (Å²) in [4.78, 5) is 24.7. The lowest BCUT2D eigenvalue weighted by Gasteiger charge is -2.22. The van der Waals surface area contributed by atoms with Crippen molar-refractivity contribution in [2.24, 2.45) is 0 Å². The monoisotopic (exact) mass is 508 g/mol. The van der Waals surface area contributed by atoms with E-state index in [-0.39, 0.29) is 16.6 Å². The highest BCUT2D eigenvalue weighted by Gasteiger charge is 2.30. The topological polar surface area (TPSA) is 114 Å². The predicted molar refractivity (Wildman–Crippen MR) is 138 cm³/mol. The Kier molecular flexibility index (Phi) is 6.33. The molecular weight excluding hydrogens is 484 g/mol. The van der Waals surface area contributed by atoms with E-state index in [0.29, 0.717) is 40.4 Å². The molecule has 1 aliphatic heterocycles. The molecule has 4 heterocycles. The smallest absolute Gasteiger partial charge is 0.294 e. The van der Waals surface area contributed by atoms with Crippen LogP contribution < -0.4 is 15.0 Å². The van der Waals surface area contributed by atoms with E-state index in [9.17, 15) is 10.1 Å². The first kappa shape index (κ1) is 23.8. The Morgan fingerprint density at radius 2 is 2.11 bits per heavy atom. The largest absolute Gasteiger partial charge is 0.494 e. The average Bonchev–Trinajstić information content (AvgIpc) is 3.53. The van der Waals surface area contributed by atoms with Gasteiger partial charge in [0.15, 0.2) is 0 Å². The SMILES string of the molecule is COc1cc(N2CC[C@H](N(C)C)C2)c([N+](=O)[O-])cc1Nc1ncc(Cl)c(-c2cnn3ccccc23)n1. The van der Waals surface area contributed by atoms with Crippen molar-refractivity contribution < 1.29 is 9.66 Å². The molecule has 1 aromatic carbocycles. The van der Waals surface area contributed by atoms with Gasteiger partial charge in [0.2, 0.25) is 5.95 Å². The third-order valence-corrected chi connectivity index (χ3v) is 6.68. The molecule has 0 spiro atoms. The summed E-state index contributed by atoms with van der Waals surface area (Å²) in [5.74, 6) is 0.666. The van der Waals surface area contributed by atoms with Crippen LogP contribution in [-0.4, -0.2) is 69.7 Å². The van der Waals surface area contributed by atoms with E-state index < -0.39 is 0 Å². The minimum absolute atomic E-state index is 0.0190. The second kappa shape index (κ2) is 9.59. The quantitative estimate of drug-likeness (QED) is 0.289. The number of nitro groups is 1. The number of nitrogens with one attached hydrogen (secondary N) is 1. The van der Waals surface area contributed by atoms with Crippen molar-refractivity contribution >= 4 is 40.1 Å². The van der Waals surface area contributed by atoms with Crippen LogP contribution in [0.4, 0.5) is 23.0 Å². The number of aromatic nitrogens is 4. The lowest BCUT2D eigenvalue weighted by Crippen LogP contribution is -2.31. The molecule has 5 rings (SSSR count). The number of rotatable bonds is 7. The summed E-state index contributed by atoms with van der Waals surface area (Å²) in [6.45, 7) is 1.43. The molecule has 12 heteroatoms. The fourth-order valence-corrected chi connectivity index (χ4v) is 4.65. The molecule has 186 valence electrons. The van der Waals surface area contributed by atoms with Crippen LogP contribution in [0.15, 0.2) is 48.9 Å². The first-order valence-corrected chi connectivity index (χ1v) is 11.7. The second-order valence-corrected chi connectivity index (χ2v) is 9.16. The molecule has 0 aliphatic carbocycles. The standard InChI is InChI=1S/C24H25ClN8O3/c1-30(2)15-7-9-31(14-15)20-11-22(36-3)18(10-21(20)33(34)35)28-24-26-13-17(25)23(29-24)16-12-27-32-8-5-4-6-19(16)32/h4-6,8,10-13,15H,7,9,14H2,1-3H3,(H,26,28,29)/t15-/m0/s1. The summed E-state index contributed by atoms with van der Waals surface area (Å²) in [6.07, 6.45) is 5.93. The Labute approximate surface area is 212 Å². The Morgan fingerprint density at radius 1 is 1.28 bits per heavy atom.